The quantitative estimate of drug-likeness (QED) is 0.608. The number of β-lactam (4-membered cyclic amide) rings is 1. The third-order valence-electron chi connectivity index (χ3n) is 3.90. The van der Waals surface area contributed by atoms with Crippen LogP contribution in [0.15, 0.2) is 60.7 Å². The highest BCUT2D eigenvalue weighted by atomic mass is 16.5. The number of amides is 2. The Morgan fingerprint density at radius 2 is 1.62 bits per heavy atom. The number of nitrogens with one attached hydrogen (secondary N) is 2. The number of hydrogen-bond acceptors (Lipinski definition) is 5. The topological polar surface area (TPSA) is 93.7 Å². The van der Waals surface area contributed by atoms with Gasteiger partial charge in [0.15, 0.2) is 0 Å². The molecular weight excluding hydrogens is 336 g/mol. The summed E-state index contributed by atoms with van der Waals surface area (Å²) in [5, 5.41) is 5.08. The van der Waals surface area contributed by atoms with Crippen molar-refractivity contribution in [2.24, 2.45) is 0 Å². The number of carbonyl (C=O) groups is 3. The van der Waals surface area contributed by atoms with Crippen molar-refractivity contribution < 1.29 is 23.9 Å². The van der Waals surface area contributed by atoms with Crippen LogP contribution in [0.2, 0.25) is 0 Å². The molecule has 1 saturated heterocycles. The molecule has 1 aliphatic rings. The molecule has 1 heterocycles. The normalized spacial score (nSPS) is 18.2. The van der Waals surface area contributed by atoms with Gasteiger partial charge in [0, 0.05) is 0 Å². The molecule has 7 nitrogen and oxygen atoms in total. The maximum Gasteiger partial charge on any atom is 0.408 e. The summed E-state index contributed by atoms with van der Waals surface area (Å²) in [4.78, 5) is 35.4. The summed E-state index contributed by atoms with van der Waals surface area (Å²) in [7, 11) is 0. The summed E-state index contributed by atoms with van der Waals surface area (Å²) in [5.41, 5.74) is 1.26. The molecule has 2 N–H and O–H groups in total. The number of hydrogen-bond donors (Lipinski definition) is 2. The smallest absolute Gasteiger partial charge is 0.408 e. The SMILES string of the molecule is O=C(NC1C(=O)NC1COC(=O)c1ccccc1)OCc1ccccc1. The van der Waals surface area contributed by atoms with E-state index in [0.717, 1.165) is 5.56 Å². The number of carbonyl (C=O) groups excluding carboxylic acids is 3. The van der Waals surface area contributed by atoms with Crippen LogP contribution in [0.5, 0.6) is 0 Å². The number of esters is 1. The molecule has 3 rings (SSSR count). The zero-order valence-corrected chi connectivity index (χ0v) is 13.9. The highest BCUT2D eigenvalue weighted by molar-refractivity contribution is 5.93. The van der Waals surface area contributed by atoms with E-state index in [9.17, 15) is 14.4 Å². The van der Waals surface area contributed by atoms with E-state index in [0.29, 0.717) is 5.56 Å². The van der Waals surface area contributed by atoms with E-state index in [-0.39, 0.29) is 19.1 Å². The molecule has 0 aliphatic carbocycles. The van der Waals surface area contributed by atoms with Crippen LogP contribution in [0.3, 0.4) is 0 Å². The Bertz CT molecular complexity index is 779. The van der Waals surface area contributed by atoms with Crippen LogP contribution in [0.25, 0.3) is 0 Å². The number of ether oxygens (including phenoxy) is 2. The van der Waals surface area contributed by atoms with Crippen molar-refractivity contribution in [3.05, 3.63) is 71.8 Å². The standard InChI is InChI=1S/C19H18N2O5/c22-17-16(21-19(24)26-11-13-7-3-1-4-8-13)15(20-17)12-25-18(23)14-9-5-2-6-10-14/h1-10,15-16H,11-12H2,(H,20,22)(H,21,24). The average molecular weight is 354 g/mol. The average Bonchev–Trinajstić information content (AvgIpc) is 2.69. The van der Waals surface area contributed by atoms with Crippen molar-refractivity contribution in [2.75, 3.05) is 6.61 Å². The third kappa shape index (κ3) is 4.38. The Morgan fingerprint density at radius 3 is 2.27 bits per heavy atom. The van der Waals surface area contributed by atoms with Gasteiger partial charge >= 0.3 is 12.1 Å². The van der Waals surface area contributed by atoms with Crippen LogP contribution >= 0.6 is 0 Å². The van der Waals surface area contributed by atoms with Crippen LogP contribution in [-0.4, -0.2) is 36.7 Å². The predicted octanol–water partition coefficient (Wildman–Crippen LogP) is 1.64. The Labute approximate surface area is 150 Å². The predicted molar refractivity (Wildman–Crippen MR) is 92.2 cm³/mol. The molecule has 0 spiro atoms. The summed E-state index contributed by atoms with van der Waals surface area (Å²) in [5.74, 6) is -0.834. The maximum absolute atomic E-state index is 11.9. The minimum atomic E-state index is -0.790. The second kappa shape index (κ2) is 8.15. The van der Waals surface area contributed by atoms with E-state index in [1.165, 1.54) is 0 Å². The molecule has 0 radical (unpaired) electrons. The Morgan fingerprint density at radius 1 is 0.962 bits per heavy atom. The van der Waals surface area contributed by atoms with Crippen molar-refractivity contribution >= 4 is 18.0 Å². The van der Waals surface area contributed by atoms with E-state index in [1.54, 1.807) is 30.3 Å². The van der Waals surface area contributed by atoms with Crippen LogP contribution in [0.1, 0.15) is 15.9 Å². The zero-order chi connectivity index (χ0) is 18.4. The summed E-state index contributed by atoms with van der Waals surface area (Å²) in [6, 6.07) is 16.5. The van der Waals surface area contributed by atoms with Gasteiger partial charge in [0.05, 0.1) is 11.6 Å². The highest BCUT2D eigenvalue weighted by Crippen LogP contribution is 2.10. The Hall–Kier alpha value is -3.35. The molecule has 1 aliphatic heterocycles. The summed E-state index contributed by atoms with van der Waals surface area (Å²) >= 11 is 0. The fourth-order valence-electron chi connectivity index (χ4n) is 2.46. The van der Waals surface area contributed by atoms with E-state index in [2.05, 4.69) is 10.6 Å². The largest absolute Gasteiger partial charge is 0.460 e. The molecule has 7 heteroatoms. The number of rotatable bonds is 6. The lowest BCUT2D eigenvalue weighted by Gasteiger charge is -2.36. The van der Waals surface area contributed by atoms with Crippen LogP contribution in [0, 0.1) is 0 Å². The minimum absolute atomic E-state index is 0.0386. The second-order valence-corrected chi connectivity index (χ2v) is 5.76. The zero-order valence-electron chi connectivity index (χ0n) is 13.9. The summed E-state index contributed by atoms with van der Waals surface area (Å²) < 4.78 is 10.3. The molecule has 26 heavy (non-hydrogen) atoms. The minimum Gasteiger partial charge on any atom is -0.460 e. The summed E-state index contributed by atoms with van der Waals surface area (Å²) in [6.07, 6.45) is -0.701. The first-order chi connectivity index (χ1) is 12.6. The monoisotopic (exact) mass is 354 g/mol. The Balaban J connectivity index is 1.44. The first-order valence-electron chi connectivity index (χ1n) is 8.13. The van der Waals surface area contributed by atoms with Gasteiger partial charge in [0.2, 0.25) is 5.91 Å². The third-order valence-corrected chi connectivity index (χ3v) is 3.90. The first-order valence-corrected chi connectivity index (χ1v) is 8.13. The molecule has 134 valence electrons. The molecule has 2 unspecified atom stereocenters. The first kappa shape index (κ1) is 17.5. The van der Waals surface area contributed by atoms with E-state index >= 15 is 0 Å². The van der Waals surface area contributed by atoms with Crippen LogP contribution in [-0.2, 0) is 20.9 Å². The van der Waals surface area contributed by atoms with Gasteiger partial charge in [-0.05, 0) is 17.7 Å². The molecule has 0 aromatic heterocycles. The van der Waals surface area contributed by atoms with Gasteiger partial charge in [0.25, 0.3) is 0 Å². The van der Waals surface area contributed by atoms with E-state index in [1.807, 2.05) is 30.3 Å². The fraction of sp³-hybridized carbons (Fsp3) is 0.211. The molecule has 0 bridgehead atoms. The van der Waals surface area contributed by atoms with Crippen molar-refractivity contribution in [3.63, 3.8) is 0 Å². The summed E-state index contributed by atoms with van der Waals surface area (Å²) in [6.45, 7) is 0.0672. The molecule has 2 aromatic carbocycles. The number of alkyl carbamates (subject to hydrolysis) is 1. The molecular formula is C19H18N2O5. The number of benzene rings is 2. The van der Waals surface area contributed by atoms with Gasteiger partial charge < -0.3 is 20.1 Å². The molecule has 1 fully saturated rings. The van der Waals surface area contributed by atoms with Gasteiger partial charge in [-0.15, -0.1) is 0 Å². The maximum atomic E-state index is 11.9. The van der Waals surface area contributed by atoms with Crippen molar-refractivity contribution in [3.8, 4) is 0 Å². The molecule has 2 atom stereocenters. The lowest BCUT2D eigenvalue weighted by Crippen LogP contribution is -2.70. The van der Waals surface area contributed by atoms with Gasteiger partial charge in [-0.2, -0.15) is 0 Å². The lowest BCUT2D eigenvalue weighted by molar-refractivity contribution is -0.132. The lowest BCUT2D eigenvalue weighted by atomic mass is 10.0. The second-order valence-electron chi connectivity index (χ2n) is 5.76. The van der Waals surface area contributed by atoms with E-state index in [4.69, 9.17) is 9.47 Å². The van der Waals surface area contributed by atoms with Crippen molar-refractivity contribution in [1.29, 1.82) is 0 Å². The van der Waals surface area contributed by atoms with Crippen molar-refractivity contribution in [2.45, 2.75) is 18.7 Å². The van der Waals surface area contributed by atoms with E-state index < -0.39 is 24.1 Å². The van der Waals surface area contributed by atoms with Gasteiger partial charge in [-0.1, -0.05) is 48.5 Å². The fourth-order valence-corrected chi connectivity index (χ4v) is 2.46. The van der Waals surface area contributed by atoms with Gasteiger partial charge in [0.1, 0.15) is 19.3 Å². The molecule has 0 saturated carbocycles. The Kier molecular flexibility index (Phi) is 5.48. The molecule has 2 amide bonds. The van der Waals surface area contributed by atoms with Gasteiger partial charge in [-0.3, -0.25) is 4.79 Å². The van der Waals surface area contributed by atoms with Crippen LogP contribution < -0.4 is 10.6 Å². The molecule has 2 aromatic rings. The van der Waals surface area contributed by atoms with Gasteiger partial charge in [-0.25, -0.2) is 9.59 Å². The van der Waals surface area contributed by atoms with Crippen LogP contribution in [0.4, 0.5) is 4.79 Å². The highest BCUT2D eigenvalue weighted by Gasteiger charge is 2.41. The van der Waals surface area contributed by atoms with Crippen molar-refractivity contribution in [1.82, 2.24) is 10.6 Å².